The number of aromatic nitrogens is 1. The van der Waals surface area contributed by atoms with Gasteiger partial charge in [0, 0.05) is 36.6 Å². The molecule has 0 aliphatic rings. The average Bonchev–Trinajstić information content (AvgIpc) is 3.30. The van der Waals surface area contributed by atoms with Crippen molar-refractivity contribution in [1.82, 2.24) is 4.57 Å². The number of thiophene rings is 1. The Kier molecular flexibility index (Phi) is 3.60. The number of para-hydroxylation sites is 2. The van der Waals surface area contributed by atoms with Crippen molar-refractivity contribution in [3.63, 3.8) is 0 Å². The molecular weight excluding hydrogens is 370 g/mol. The van der Waals surface area contributed by atoms with E-state index in [1.54, 1.807) is 0 Å². The SMILES string of the molecule is CCc1ccc2c(sc3ccc(-n4c5ccccc5c5ccccc54)cc32)c1C. The Morgan fingerprint density at radius 1 is 0.724 bits per heavy atom. The van der Waals surface area contributed by atoms with E-state index in [0.29, 0.717) is 0 Å². The standard InChI is InChI=1S/C27H21NS/c1-3-18-12-14-22-23-16-19(13-15-26(23)29-27(22)17(18)2)28-24-10-6-4-8-20(24)21-9-5-7-11-25(21)28/h4-16H,3H2,1-2H3. The van der Waals surface area contributed by atoms with E-state index in [1.807, 2.05) is 11.3 Å². The minimum Gasteiger partial charge on any atom is -0.309 e. The van der Waals surface area contributed by atoms with E-state index in [0.717, 1.165) is 6.42 Å². The van der Waals surface area contributed by atoms with Crippen LogP contribution in [-0.4, -0.2) is 4.57 Å². The van der Waals surface area contributed by atoms with Crippen LogP contribution >= 0.6 is 11.3 Å². The highest BCUT2D eigenvalue weighted by Crippen LogP contribution is 2.39. The van der Waals surface area contributed by atoms with E-state index >= 15 is 0 Å². The molecule has 1 nitrogen and oxygen atoms in total. The monoisotopic (exact) mass is 391 g/mol. The maximum atomic E-state index is 2.40. The molecule has 0 aliphatic carbocycles. The zero-order valence-corrected chi connectivity index (χ0v) is 17.4. The van der Waals surface area contributed by atoms with Crippen LogP contribution in [0, 0.1) is 6.92 Å². The van der Waals surface area contributed by atoms with Gasteiger partial charge in [0.2, 0.25) is 0 Å². The third kappa shape index (κ3) is 2.33. The van der Waals surface area contributed by atoms with Crippen LogP contribution in [0.1, 0.15) is 18.1 Å². The first kappa shape index (κ1) is 16.8. The molecule has 0 atom stereocenters. The molecule has 0 bridgehead atoms. The van der Waals surface area contributed by atoms with Crippen molar-refractivity contribution in [1.29, 1.82) is 0 Å². The van der Waals surface area contributed by atoms with Crippen LogP contribution in [0.25, 0.3) is 47.7 Å². The minimum atomic E-state index is 1.09. The first-order valence-corrected chi connectivity index (χ1v) is 11.0. The predicted octanol–water partition coefficient (Wildman–Crippen LogP) is 8.02. The van der Waals surface area contributed by atoms with E-state index in [4.69, 9.17) is 0 Å². The van der Waals surface area contributed by atoms with Gasteiger partial charge in [0.25, 0.3) is 0 Å². The number of benzene rings is 4. The normalized spacial score (nSPS) is 11.9. The first-order valence-electron chi connectivity index (χ1n) is 10.2. The predicted molar refractivity (Wildman–Crippen MR) is 128 cm³/mol. The maximum absolute atomic E-state index is 2.40. The van der Waals surface area contributed by atoms with Gasteiger partial charge in [0.15, 0.2) is 0 Å². The van der Waals surface area contributed by atoms with Gasteiger partial charge < -0.3 is 4.57 Å². The van der Waals surface area contributed by atoms with Gasteiger partial charge in [-0.15, -0.1) is 11.3 Å². The zero-order valence-electron chi connectivity index (χ0n) is 16.6. The quantitative estimate of drug-likeness (QED) is 0.281. The van der Waals surface area contributed by atoms with Crippen molar-refractivity contribution < 1.29 is 0 Å². The molecule has 140 valence electrons. The van der Waals surface area contributed by atoms with Crippen LogP contribution in [0.3, 0.4) is 0 Å². The summed E-state index contributed by atoms with van der Waals surface area (Å²) >= 11 is 1.92. The number of fused-ring (bicyclic) bond motifs is 6. The smallest absolute Gasteiger partial charge is 0.0541 e. The second-order valence-corrected chi connectivity index (χ2v) is 8.78. The number of nitrogens with zero attached hydrogens (tertiary/aromatic N) is 1. The third-order valence-corrected chi connectivity index (χ3v) is 7.51. The number of hydrogen-bond donors (Lipinski definition) is 0. The maximum Gasteiger partial charge on any atom is 0.0541 e. The fourth-order valence-corrected chi connectivity index (χ4v) is 5.93. The molecule has 0 saturated carbocycles. The van der Waals surface area contributed by atoms with Gasteiger partial charge in [-0.3, -0.25) is 0 Å². The summed E-state index contributed by atoms with van der Waals surface area (Å²) in [7, 11) is 0. The highest BCUT2D eigenvalue weighted by atomic mass is 32.1. The molecule has 2 heteroatoms. The molecule has 29 heavy (non-hydrogen) atoms. The van der Waals surface area contributed by atoms with Gasteiger partial charge in [-0.25, -0.2) is 0 Å². The third-order valence-electron chi connectivity index (χ3n) is 6.20. The Morgan fingerprint density at radius 2 is 1.41 bits per heavy atom. The molecule has 6 aromatic rings. The second kappa shape index (κ2) is 6.20. The summed E-state index contributed by atoms with van der Waals surface area (Å²) in [5, 5.41) is 5.35. The summed E-state index contributed by atoms with van der Waals surface area (Å²) in [6.45, 7) is 4.51. The summed E-state index contributed by atoms with van der Waals surface area (Å²) in [5.74, 6) is 0. The molecule has 0 fully saturated rings. The molecular formula is C27H21NS. The number of hydrogen-bond acceptors (Lipinski definition) is 1. The molecule has 0 aliphatic heterocycles. The van der Waals surface area contributed by atoms with Crippen LogP contribution in [-0.2, 0) is 6.42 Å². The van der Waals surface area contributed by atoms with Crippen LogP contribution in [0.5, 0.6) is 0 Å². The summed E-state index contributed by atoms with van der Waals surface area (Å²) < 4.78 is 5.19. The van der Waals surface area contributed by atoms with Gasteiger partial charge in [-0.05, 0) is 54.8 Å². The van der Waals surface area contributed by atoms with Crippen molar-refractivity contribution in [2.24, 2.45) is 0 Å². The number of rotatable bonds is 2. The minimum absolute atomic E-state index is 1.09. The van der Waals surface area contributed by atoms with Gasteiger partial charge in [0.1, 0.15) is 0 Å². The second-order valence-electron chi connectivity index (χ2n) is 7.73. The Hall–Kier alpha value is -3.10. The van der Waals surface area contributed by atoms with E-state index in [9.17, 15) is 0 Å². The summed E-state index contributed by atoms with van der Waals surface area (Å²) in [6.07, 6.45) is 1.09. The molecule has 6 rings (SSSR count). The van der Waals surface area contributed by atoms with Crippen LogP contribution < -0.4 is 0 Å². The van der Waals surface area contributed by atoms with E-state index in [-0.39, 0.29) is 0 Å². The fraction of sp³-hybridized carbons (Fsp3) is 0.111. The molecule has 0 unspecified atom stereocenters. The van der Waals surface area contributed by atoms with Crippen LogP contribution in [0.15, 0.2) is 78.9 Å². The van der Waals surface area contributed by atoms with Crippen LogP contribution in [0.4, 0.5) is 0 Å². The average molecular weight is 392 g/mol. The molecule has 0 amide bonds. The molecule has 4 aromatic carbocycles. The molecule has 0 N–H and O–H groups in total. The highest BCUT2D eigenvalue weighted by Gasteiger charge is 2.14. The lowest BCUT2D eigenvalue weighted by molar-refractivity contribution is 1.12. The Bertz CT molecular complexity index is 1490. The Balaban J connectivity index is 1.70. The lowest BCUT2D eigenvalue weighted by atomic mass is 10.0. The molecule has 0 radical (unpaired) electrons. The van der Waals surface area contributed by atoms with Crippen LogP contribution in [0.2, 0.25) is 0 Å². The van der Waals surface area contributed by atoms with Crippen molar-refractivity contribution in [2.45, 2.75) is 20.3 Å². The van der Waals surface area contributed by atoms with Gasteiger partial charge in [0.05, 0.1) is 11.0 Å². The van der Waals surface area contributed by atoms with Crippen molar-refractivity contribution in [3.8, 4) is 5.69 Å². The molecule has 2 heterocycles. The molecule has 0 saturated heterocycles. The van der Waals surface area contributed by atoms with E-state index in [2.05, 4.69) is 97.3 Å². The van der Waals surface area contributed by atoms with Gasteiger partial charge in [-0.1, -0.05) is 55.5 Å². The fourth-order valence-electron chi connectivity index (χ4n) is 4.73. The Morgan fingerprint density at radius 3 is 2.10 bits per heavy atom. The topological polar surface area (TPSA) is 4.93 Å². The lowest BCUT2D eigenvalue weighted by Crippen LogP contribution is -1.93. The lowest BCUT2D eigenvalue weighted by Gasteiger charge is -2.08. The largest absolute Gasteiger partial charge is 0.309 e. The van der Waals surface area contributed by atoms with Crippen molar-refractivity contribution >= 4 is 53.3 Å². The van der Waals surface area contributed by atoms with Gasteiger partial charge >= 0.3 is 0 Å². The Labute approximate surface area is 173 Å². The first-order chi connectivity index (χ1) is 14.3. The molecule has 2 aromatic heterocycles. The molecule has 0 spiro atoms. The van der Waals surface area contributed by atoms with Crippen molar-refractivity contribution in [2.75, 3.05) is 0 Å². The number of aryl methyl sites for hydroxylation is 2. The summed E-state index contributed by atoms with van der Waals surface area (Å²) in [5.41, 5.74) is 6.64. The highest BCUT2D eigenvalue weighted by molar-refractivity contribution is 7.26. The zero-order chi connectivity index (χ0) is 19.5. The summed E-state index contributed by atoms with van der Waals surface area (Å²) in [4.78, 5) is 0. The van der Waals surface area contributed by atoms with Gasteiger partial charge in [-0.2, -0.15) is 0 Å². The van der Waals surface area contributed by atoms with Crippen molar-refractivity contribution in [3.05, 3.63) is 90.0 Å². The van der Waals surface area contributed by atoms with E-state index in [1.165, 1.54) is 58.8 Å². The summed E-state index contributed by atoms with van der Waals surface area (Å²) in [6, 6.07) is 29.0. The van der Waals surface area contributed by atoms with E-state index < -0.39 is 0 Å².